The summed E-state index contributed by atoms with van der Waals surface area (Å²) in [5, 5.41) is 0. The number of aryl methyl sites for hydroxylation is 1. The topological polar surface area (TPSA) is 34.1 Å². The standard InChI is InChI=1S/C13H17IO2S/c1-3-4-5-12(14)10-17(15,16)13-8-6-11(2)7-9-13/h3,6-9,12H,1,4-5,10H2,2H3. The molecule has 94 valence electrons. The Kier molecular flexibility index (Phi) is 5.66. The fourth-order valence-electron chi connectivity index (χ4n) is 1.46. The number of hydrogen-bond donors (Lipinski definition) is 0. The van der Waals surface area contributed by atoms with Crippen LogP contribution in [0.3, 0.4) is 0 Å². The molecule has 0 bridgehead atoms. The quantitative estimate of drug-likeness (QED) is 0.440. The molecule has 0 aromatic heterocycles. The van der Waals surface area contributed by atoms with E-state index in [1.165, 1.54) is 0 Å². The summed E-state index contributed by atoms with van der Waals surface area (Å²) in [6, 6.07) is 7.03. The van der Waals surface area contributed by atoms with Crippen molar-refractivity contribution < 1.29 is 8.42 Å². The highest BCUT2D eigenvalue weighted by atomic mass is 127. The van der Waals surface area contributed by atoms with Crippen molar-refractivity contribution in [3.05, 3.63) is 42.5 Å². The Morgan fingerprint density at radius 1 is 1.35 bits per heavy atom. The maximum atomic E-state index is 12.1. The van der Waals surface area contributed by atoms with Gasteiger partial charge in [-0.1, -0.05) is 46.4 Å². The van der Waals surface area contributed by atoms with Crippen LogP contribution in [0.5, 0.6) is 0 Å². The molecule has 4 heteroatoms. The van der Waals surface area contributed by atoms with Gasteiger partial charge in [-0.05, 0) is 31.9 Å². The Labute approximate surface area is 117 Å². The molecule has 1 aromatic carbocycles. The van der Waals surface area contributed by atoms with Crippen molar-refractivity contribution in [3.8, 4) is 0 Å². The Morgan fingerprint density at radius 3 is 2.47 bits per heavy atom. The van der Waals surface area contributed by atoms with Crippen molar-refractivity contribution in [2.75, 3.05) is 5.75 Å². The van der Waals surface area contributed by atoms with Gasteiger partial charge in [-0.15, -0.1) is 6.58 Å². The lowest BCUT2D eigenvalue weighted by Gasteiger charge is -2.09. The Bertz CT molecular complexity index is 463. The number of benzene rings is 1. The SMILES string of the molecule is C=CCCC(I)CS(=O)(=O)c1ccc(C)cc1. The second-order valence-electron chi connectivity index (χ2n) is 4.06. The molecule has 0 amide bonds. The van der Waals surface area contributed by atoms with Crippen LogP contribution in [0.15, 0.2) is 41.8 Å². The molecule has 2 nitrogen and oxygen atoms in total. The van der Waals surface area contributed by atoms with E-state index in [1.807, 2.05) is 25.1 Å². The van der Waals surface area contributed by atoms with E-state index < -0.39 is 9.84 Å². The number of halogens is 1. The van der Waals surface area contributed by atoms with Crippen LogP contribution < -0.4 is 0 Å². The minimum atomic E-state index is -3.15. The number of hydrogen-bond acceptors (Lipinski definition) is 2. The third-order valence-corrected chi connectivity index (χ3v) is 5.96. The Hall–Kier alpha value is -0.360. The fourth-order valence-corrected chi connectivity index (χ4v) is 4.63. The molecule has 0 aliphatic rings. The van der Waals surface area contributed by atoms with Gasteiger partial charge in [0.15, 0.2) is 9.84 Å². The van der Waals surface area contributed by atoms with Gasteiger partial charge in [0, 0.05) is 3.92 Å². The van der Waals surface area contributed by atoms with Gasteiger partial charge >= 0.3 is 0 Å². The summed E-state index contributed by atoms with van der Waals surface area (Å²) < 4.78 is 24.3. The van der Waals surface area contributed by atoms with Crippen LogP contribution in [0.4, 0.5) is 0 Å². The highest BCUT2D eigenvalue weighted by Gasteiger charge is 2.18. The van der Waals surface area contributed by atoms with Crippen LogP contribution in [0, 0.1) is 6.92 Å². The van der Waals surface area contributed by atoms with E-state index in [1.54, 1.807) is 12.1 Å². The van der Waals surface area contributed by atoms with Crippen molar-refractivity contribution in [2.45, 2.75) is 28.6 Å². The van der Waals surface area contributed by atoms with Gasteiger partial charge in [0.2, 0.25) is 0 Å². The third-order valence-electron chi connectivity index (χ3n) is 2.46. The van der Waals surface area contributed by atoms with Crippen molar-refractivity contribution in [2.24, 2.45) is 0 Å². The summed E-state index contributed by atoms with van der Waals surface area (Å²) in [4.78, 5) is 0.420. The van der Waals surface area contributed by atoms with Crippen LogP contribution in [-0.4, -0.2) is 18.1 Å². The average Bonchev–Trinajstić information content (AvgIpc) is 2.26. The zero-order valence-electron chi connectivity index (χ0n) is 9.90. The van der Waals surface area contributed by atoms with Crippen molar-refractivity contribution in [1.29, 1.82) is 0 Å². The summed E-state index contributed by atoms with van der Waals surface area (Å²) in [5.41, 5.74) is 1.07. The predicted octanol–water partition coefficient (Wildman–Crippen LogP) is 3.54. The van der Waals surface area contributed by atoms with Gasteiger partial charge in [-0.3, -0.25) is 0 Å². The average molecular weight is 364 g/mol. The second-order valence-corrected chi connectivity index (χ2v) is 7.85. The molecule has 0 saturated carbocycles. The molecule has 0 heterocycles. The molecule has 1 unspecified atom stereocenters. The summed E-state index contributed by atoms with van der Waals surface area (Å²) in [5.74, 6) is 0.199. The van der Waals surface area contributed by atoms with E-state index in [2.05, 4.69) is 29.2 Å². The molecule has 1 atom stereocenters. The highest BCUT2D eigenvalue weighted by molar-refractivity contribution is 14.1. The molecule has 0 aliphatic heterocycles. The molecule has 0 radical (unpaired) electrons. The maximum absolute atomic E-state index is 12.1. The second kappa shape index (κ2) is 6.54. The first-order chi connectivity index (χ1) is 7.95. The molecule has 0 saturated heterocycles. The molecule has 1 aromatic rings. The first-order valence-corrected chi connectivity index (χ1v) is 8.40. The van der Waals surface area contributed by atoms with Gasteiger partial charge in [0.1, 0.15) is 0 Å². The number of alkyl halides is 1. The molecular formula is C13H17IO2S. The minimum Gasteiger partial charge on any atom is -0.224 e. The number of rotatable bonds is 6. The summed E-state index contributed by atoms with van der Waals surface area (Å²) >= 11 is 2.20. The van der Waals surface area contributed by atoms with E-state index in [4.69, 9.17) is 0 Å². The Balaban J connectivity index is 2.74. The largest absolute Gasteiger partial charge is 0.224 e. The minimum absolute atomic E-state index is 0.136. The van der Waals surface area contributed by atoms with Crippen LogP contribution >= 0.6 is 22.6 Å². The lowest BCUT2D eigenvalue weighted by atomic mass is 10.2. The number of allylic oxidation sites excluding steroid dienone is 1. The van der Waals surface area contributed by atoms with E-state index >= 15 is 0 Å². The van der Waals surface area contributed by atoms with Gasteiger partial charge in [-0.2, -0.15) is 0 Å². The molecule has 0 aliphatic carbocycles. The maximum Gasteiger partial charge on any atom is 0.179 e. The van der Waals surface area contributed by atoms with Crippen LogP contribution in [0.1, 0.15) is 18.4 Å². The lowest BCUT2D eigenvalue weighted by molar-refractivity contribution is 0.593. The van der Waals surface area contributed by atoms with Gasteiger partial charge in [0.05, 0.1) is 10.6 Å². The molecule has 0 fully saturated rings. The van der Waals surface area contributed by atoms with Gasteiger partial charge < -0.3 is 0 Å². The normalized spacial score (nSPS) is 13.3. The lowest BCUT2D eigenvalue weighted by Crippen LogP contribution is -2.16. The zero-order valence-corrected chi connectivity index (χ0v) is 12.9. The molecule has 17 heavy (non-hydrogen) atoms. The van der Waals surface area contributed by atoms with E-state index in [9.17, 15) is 8.42 Å². The van der Waals surface area contributed by atoms with E-state index in [0.717, 1.165) is 18.4 Å². The summed E-state index contributed by atoms with van der Waals surface area (Å²) in [7, 11) is -3.15. The van der Waals surface area contributed by atoms with E-state index in [-0.39, 0.29) is 9.68 Å². The van der Waals surface area contributed by atoms with Crippen LogP contribution in [-0.2, 0) is 9.84 Å². The molecule has 0 N–H and O–H groups in total. The van der Waals surface area contributed by atoms with Gasteiger partial charge in [-0.25, -0.2) is 8.42 Å². The molecular weight excluding hydrogens is 347 g/mol. The van der Waals surface area contributed by atoms with Crippen molar-refractivity contribution in [1.82, 2.24) is 0 Å². The fraction of sp³-hybridized carbons (Fsp3) is 0.385. The summed E-state index contributed by atoms with van der Waals surface area (Å²) in [6.07, 6.45) is 3.54. The van der Waals surface area contributed by atoms with Crippen molar-refractivity contribution in [3.63, 3.8) is 0 Å². The predicted molar refractivity (Wildman–Crippen MR) is 80.5 cm³/mol. The Morgan fingerprint density at radius 2 is 1.94 bits per heavy atom. The van der Waals surface area contributed by atoms with E-state index in [0.29, 0.717) is 4.90 Å². The zero-order chi connectivity index (χ0) is 12.9. The summed E-state index contributed by atoms with van der Waals surface area (Å²) in [6.45, 7) is 5.59. The first kappa shape index (κ1) is 14.7. The van der Waals surface area contributed by atoms with Crippen molar-refractivity contribution >= 4 is 32.4 Å². The third kappa shape index (κ3) is 4.79. The van der Waals surface area contributed by atoms with Crippen LogP contribution in [0.2, 0.25) is 0 Å². The first-order valence-electron chi connectivity index (χ1n) is 5.50. The highest BCUT2D eigenvalue weighted by Crippen LogP contribution is 2.18. The van der Waals surface area contributed by atoms with Crippen LogP contribution in [0.25, 0.3) is 0 Å². The number of sulfone groups is 1. The molecule has 0 spiro atoms. The smallest absolute Gasteiger partial charge is 0.179 e. The monoisotopic (exact) mass is 364 g/mol. The molecule has 1 rings (SSSR count). The van der Waals surface area contributed by atoms with Gasteiger partial charge in [0.25, 0.3) is 0 Å².